The van der Waals surface area contributed by atoms with Gasteiger partial charge in [0.05, 0.1) is 10.5 Å². The topological polar surface area (TPSA) is 75.3 Å². The standard InChI is InChI=1S/C22H25F3N2O3S/c23-22(24,25)19-12-8-16(9-13-19)14-26-21(28)18-10-6-17(7-11-18)15-27-31(29,30)20-4-2-1-3-5-20/h1-5,8-9,12-13,17-18,27H,6-7,10-11,14-15H2,(H,26,28). The van der Waals surface area contributed by atoms with E-state index in [0.29, 0.717) is 24.9 Å². The second kappa shape index (κ2) is 9.82. The molecule has 1 aliphatic carbocycles. The Bertz CT molecular complexity index is 969. The Hall–Kier alpha value is -2.39. The summed E-state index contributed by atoms with van der Waals surface area (Å²) in [5.74, 6) is -0.128. The second-order valence-corrected chi connectivity index (χ2v) is 9.56. The van der Waals surface area contributed by atoms with Crippen LogP contribution in [-0.2, 0) is 27.5 Å². The summed E-state index contributed by atoms with van der Waals surface area (Å²) >= 11 is 0. The minimum absolute atomic E-state index is 0.122. The summed E-state index contributed by atoms with van der Waals surface area (Å²) in [5, 5.41) is 2.79. The van der Waals surface area contributed by atoms with Crippen molar-refractivity contribution in [3.05, 3.63) is 65.7 Å². The zero-order valence-corrected chi connectivity index (χ0v) is 17.7. The molecular formula is C22H25F3N2O3S. The van der Waals surface area contributed by atoms with Crippen LogP contribution in [0.15, 0.2) is 59.5 Å². The van der Waals surface area contributed by atoms with Gasteiger partial charge in [-0.2, -0.15) is 13.2 Å². The van der Waals surface area contributed by atoms with Crippen molar-refractivity contribution < 1.29 is 26.4 Å². The average molecular weight is 455 g/mol. The van der Waals surface area contributed by atoms with Crippen LogP contribution in [0, 0.1) is 11.8 Å². The largest absolute Gasteiger partial charge is 0.416 e. The summed E-state index contributed by atoms with van der Waals surface area (Å²) < 4.78 is 65.1. The first-order valence-corrected chi connectivity index (χ1v) is 11.6. The van der Waals surface area contributed by atoms with Gasteiger partial charge >= 0.3 is 6.18 Å². The van der Waals surface area contributed by atoms with E-state index in [4.69, 9.17) is 0 Å². The van der Waals surface area contributed by atoms with Crippen LogP contribution in [0.2, 0.25) is 0 Å². The van der Waals surface area contributed by atoms with Crippen molar-refractivity contribution >= 4 is 15.9 Å². The Morgan fingerprint density at radius 3 is 2.13 bits per heavy atom. The molecule has 2 N–H and O–H groups in total. The van der Waals surface area contributed by atoms with Crippen LogP contribution in [0.4, 0.5) is 13.2 Å². The molecule has 0 aromatic heterocycles. The molecule has 0 heterocycles. The van der Waals surface area contributed by atoms with Gasteiger partial charge in [0.2, 0.25) is 15.9 Å². The number of carbonyl (C=O) groups excluding carboxylic acids is 1. The van der Waals surface area contributed by atoms with Crippen molar-refractivity contribution in [2.24, 2.45) is 11.8 Å². The number of sulfonamides is 1. The Labute approximate surface area is 180 Å². The van der Waals surface area contributed by atoms with Gasteiger partial charge < -0.3 is 5.32 Å². The minimum Gasteiger partial charge on any atom is -0.352 e. The Morgan fingerprint density at radius 1 is 0.935 bits per heavy atom. The maximum atomic E-state index is 12.6. The van der Waals surface area contributed by atoms with Gasteiger partial charge in [-0.25, -0.2) is 13.1 Å². The van der Waals surface area contributed by atoms with Crippen LogP contribution in [0.5, 0.6) is 0 Å². The summed E-state index contributed by atoms with van der Waals surface area (Å²) in [4.78, 5) is 12.6. The van der Waals surface area contributed by atoms with E-state index in [-0.39, 0.29) is 29.2 Å². The molecule has 1 aliphatic rings. The van der Waals surface area contributed by atoms with Crippen molar-refractivity contribution in [3.8, 4) is 0 Å². The molecule has 1 fully saturated rings. The number of hydrogen-bond acceptors (Lipinski definition) is 3. The van der Waals surface area contributed by atoms with Crippen molar-refractivity contribution in [1.82, 2.24) is 10.0 Å². The molecule has 2 aromatic carbocycles. The highest BCUT2D eigenvalue weighted by molar-refractivity contribution is 7.89. The van der Waals surface area contributed by atoms with Gasteiger partial charge in [-0.15, -0.1) is 0 Å². The number of nitrogens with one attached hydrogen (secondary N) is 2. The highest BCUT2D eigenvalue weighted by Crippen LogP contribution is 2.30. The van der Waals surface area contributed by atoms with E-state index in [2.05, 4.69) is 10.0 Å². The highest BCUT2D eigenvalue weighted by Gasteiger charge is 2.30. The molecule has 0 aliphatic heterocycles. The molecule has 1 amide bonds. The molecular weight excluding hydrogens is 429 g/mol. The third kappa shape index (κ3) is 6.54. The van der Waals surface area contributed by atoms with Crippen LogP contribution < -0.4 is 10.0 Å². The molecule has 2 aromatic rings. The van der Waals surface area contributed by atoms with Crippen molar-refractivity contribution in [3.63, 3.8) is 0 Å². The highest BCUT2D eigenvalue weighted by atomic mass is 32.2. The van der Waals surface area contributed by atoms with Crippen LogP contribution in [0.25, 0.3) is 0 Å². The summed E-state index contributed by atoms with van der Waals surface area (Å²) in [6.07, 6.45) is -1.62. The molecule has 9 heteroatoms. The number of hydrogen-bond donors (Lipinski definition) is 2. The smallest absolute Gasteiger partial charge is 0.352 e. The molecule has 31 heavy (non-hydrogen) atoms. The third-order valence-electron chi connectivity index (χ3n) is 5.58. The Kier molecular flexibility index (Phi) is 7.38. The average Bonchev–Trinajstić information content (AvgIpc) is 2.77. The van der Waals surface area contributed by atoms with Gasteiger partial charge in [0.1, 0.15) is 0 Å². The van der Waals surface area contributed by atoms with Crippen LogP contribution in [0.1, 0.15) is 36.8 Å². The lowest BCUT2D eigenvalue weighted by molar-refractivity contribution is -0.137. The monoisotopic (exact) mass is 454 g/mol. The summed E-state index contributed by atoms with van der Waals surface area (Å²) in [7, 11) is -3.54. The first kappa shape index (κ1) is 23.3. The zero-order valence-electron chi connectivity index (χ0n) is 16.9. The number of halogens is 3. The number of amides is 1. The van der Waals surface area contributed by atoms with E-state index in [0.717, 1.165) is 25.0 Å². The van der Waals surface area contributed by atoms with E-state index >= 15 is 0 Å². The van der Waals surface area contributed by atoms with E-state index in [9.17, 15) is 26.4 Å². The van der Waals surface area contributed by atoms with Gasteiger partial charge in [0, 0.05) is 19.0 Å². The molecule has 5 nitrogen and oxygen atoms in total. The van der Waals surface area contributed by atoms with Gasteiger partial charge in [-0.1, -0.05) is 30.3 Å². The molecule has 1 saturated carbocycles. The molecule has 0 spiro atoms. The minimum atomic E-state index is -4.38. The van der Waals surface area contributed by atoms with Crippen molar-refractivity contribution in [2.75, 3.05) is 6.54 Å². The summed E-state index contributed by atoms with van der Waals surface area (Å²) in [6.45, 7) is 0.505. The lowest BCUT2D eigenvalue weighted by Crippen LogP contribution is -2.36. The molecule has 0 unspecified atom stereocenters. The van der Waals surface area contributed by atoms with E-state index < -0.39 is 21.8 Å². The predicted octanol–water partition coefficient (Wildman–Crippen LogP) is 4.11. The summed E-state index contributed by atoms with van der Waals surface area (Å²) in [5.41, 5.74) is -0.117. The van der Waals surface area contributed by atoms with Gasteiger partial charge in [0.25, 0.3) is 0 Å². The van der Waals surface area contributed by atoms with E-state index in [1.165, 1.54) is 12.1 Å². The lowest BCUT2D eigenvalue weighted by atomic mass is 9.81. The molecule has 3 rings (SSSR count). The summed E-state index contributed by atoms with van der Waals surface area (Å²) in [6, 6.07) is 12.9. The fraction of sp³-hybridized carbons (Fsp3) is 0.409. The first-order chi connectivity index (χ1) is 14.6. The Morgan fingerprint density at radius 2 is 1.55 bits per heavy atom. The molecule has 0 saturated heterocycles. The number of carbonyl (C=O) groups is 1. The molecule has 168 valence electrons. The fourth-order valence-electron chi connectivity index (χ4n) is 3.68. The van der Waals surface area contributed by atoms with Crippen LogP contribution >= 0.6 is 0 Å². The second-order valence-electron chi connectivity index (χ2n) is 7.80. The normalized spacial score (nSPS) is 19.7. The van der Waals surface area contributed by atoms with Crippen molar-refractivity contribution in [1.29, 1.82) is 0 Å². The van der Waals surface area contributed by atoms with Gasteiger partial charge in [0.15, 0.2) is 0 Å². The predicted molar refractivity (Wildman–Crippen MR) is 110 cm³/mol. The lowest BCUT2D eigenvalue weighted by Gasteiger charge is -2.28. The van der Waals surface area contributed by atoms with Crippen LogP contribution in [0.3, 0.4) is 0 Å². The van der Waals surface area contributed by atoms with Gasteiger partial charge in [-0.3, -0.25) is 4.79 Å². The maximum Gasteiger partial charge on any atom is 0.416 e. The van der Waals surface area contributed by atoms with E-state index in [1.54, 1.807) is 30.3 Å². The number of rotatable bonds is 7. The van der Waals surface area contributed by atoms with Gasteiger partial charge in [-0.05, 0) is 61.4 Å². The quantitative estimate of drug-likeness (QED) is 0.661. The zero-order chi connectivity index (χ0) is 22.5. The van der Waals surface area contributed by atoms with Crippen molar-refractivity contribution in [2.45, 2.75) is 43.3 Å². The molecule has 0 atom stereocenters. The first-order valence-electron chi connectivity index (χ1n) is 10.1. The third-order valence-corrected chi connectivity index (χ3v) is 7.02. The van der Waals surface area contributed by atoms with Crippen LogP contribution in [-0.4, -0.2) is 20.9 Å². The fourth-order valence-corrected chi connectivity index (χ4v) is 4.82. The SMILES string of the molecule is O=C(NCc1ccc(C(F)(F)F)cc1)C1CCC(CNS(=O)(=O)c2ccccc2)CC1. The van der Waals surface area contributed by atoms with E-state index in [1.807, 2.05) is 0 Å². The maximum absolute atomic E-state index is 12.6. The number of benzene rings is 2. The Balaban J connectivity index is 1.41. The molecule has 0 radical (unpaired) electrons. The number of alkyl halides is 3. The molecule has 0 bridgehead atoms.